The summed E-state index contributed by atoms with van der Waals surface area (Å²) in [6.45, 7) is 2.76. The first-order valence-corrected chi connectivity index (χ1v) is 23.5. The molecule has 0 saturated heterocycles. The van der Waals surface area contributed by atoms with Crippen LogP contribution in [0.15, 0.2) is 36.5 Å². The standard InChI is InChI=1S/C44H80NO10P/c1-3-5-7-9-11-13-15-17-19-20-22-24-26-28-30-32-34-36-43(47)55-40(38-53-56(50,51)54-39-41(45)44(48)49)37-52-42(46)35-33-31-29-27-25-23-21-18-16-14-12-10-8-6-4-2/h11,13,17,19,22,24,40-41H,3-10,12,14-16,18,20-21,23,25-39,45H2,1-2H3,(H,48,49)(H,50,51)/b13-11+,19-17+,24-22+/t40-,41+/m1/s1. The molecule has 12 heteroatoms. The summed E-state index contributed by atoms with van der Waals surface area (Å²) in [6.07, 6.45) is 42.0. The van der Waals surface area contributed by atoms with E-state index in [-0.39, 0.29) is 19.4 Å². The van der Waals surface area contributed by atoms with E-state index >= 15 is 0 Å². The van der Waals surface area contributed by atoms with Crippen LogP contribution in [0.25, 0.3) is 0 Å². The number of carboxylic acids is 1. The van der Waals surface area contributed by atoms with Crippen LogP contribution in [0.2, 0.25) is 0 Å². The van der Waals surface area contributed by atoms with E-state index in [0.717, 1.165) is 64.2 Å². The molecule has 0 fully saturated rings. The highest BCUT2D eigenvalue weighted by atomic mass is 31.2. The lowest BCUT2D eigenvalue weighted by atomic mass is 10.0. The van der Waals surface area contributed by atoms with Gasteiger partial charge in [-0.1, -0.05) is 166 Å². The van der Waals surface area contributed by atoms with Gasteiger partial charge in [-0.15, -0.1) is 0 Å². The Balaban J connectivity index is 4.39. The van der Waals surface area contributed by atoms with Crippen LogP contribution in [0.5, 0.6) is 0 Å². The van der Waals surface area contributed by atoms with Gasteiger partial charge in [-0.3, -0.25) is 23.4 Å². The molecule has 0 aliphatic rings. The Labute approximate surface area is 340 Å². The zero-order chi connectivity index (χ0) is 41.4. The van der Waals surface area contributed by atoms with Crippen molar-refractivity contribution in [1.29, 1.82) is 0 Å². The first-order valence-electron chi connectivity index (χ1n) is 22.0. The van der Waals surface area contributed by atoms with Gasteiger partial charge in [-0.25, -0.2) is 4.57 Å². The monoisotopic (exact) mass is 814 g/mol. The number of esters is 2. The van der Waals surface area contributed by atoms with E-state index < -0.39 is 51.1 Å². The number of phosphoric ester groups is 1. The summed E-state index contributed by atoms with van der Waals surface area (Å²) < 4.78 is 32.7. The van der Waals surface area contributed by atoms with Crippen LogP contribution in [0.4, 0.5) is 0 Å². The maximum atomic E-state index is 12.6. The van der Waals surface area contributed by atoms with Gasteiger partial charge in [-0.2, -0.15) is 0 Å². The summed E-state index contributed by atoms with van der Waals surface area (Å²) in [5.41, 5.74) is 5.33. The Morgan fingerprint density at radius 2 is 0.946 bits per heavy atom. The lowest BCUT2D eigenvalue weighted by Crippen LogP contribution is -2.34. The van der Waals surface area contributed by atoms with Crippen LogP contribution < -0.4 is 5.73 Å². The summed E-state index contributed by atoms with van der Waals surface area (Å²) in [7, 11) is -4.72. The van der Waals surface area contributed by atoms with E-state index in [2.05, 4.69) is 54.8 Å². The number of ether oxygens (including phenoxy) is 2. The summed E-state index contributed by atoms with van der Waals surface area (Å²) in [4.78, 5) is 45.9. The van der Waals surface area contributed by atoms with Crippen molar-refractivity contribution < 1.29 is 47.5 Å². The molecule has 1 unspecified atom stereocenters. The number of hydrogen-bond donors (Lipinski definition) is 3. The highest BCUT2D eigenvalue weighted by Crippen LogP contribution is 2.43. The average Bonchev–Trinajstić information content (AvgIpc) is 3.17. The maximum absolute atomic E-state index is 12.6. The summed E-state index contributed by atoms with van der Waals surface area (Å²) >= 11 is 0. The van der Waals surface area contributed by atoms with E-state index in [1.807, 2.05) is 0 Å². The van der Waals surface area contributed by atoms with E-state index in [4.69, 9.17) is 24.8 Å². The number of rotatable bonds is 41. The molecule has 0 aliphatic heterocycles. The first kappa shape index (κ1) is 53.7. The molecule has 0 amide bonds. The highest BCUT2D eigenvalue weighted by Gasteiger charge is 2.28. The van der Waals surface area contributed by atoms with Crippen molar-refractivity contribution in [1.82, 2.24) is 0 Å². The molecular formula is C44H80NO10P. The van der Waals surface area contributed by atoms with E-state index in [9.17, 15) is 23.8 Å². The van der Waals surface area contributed by atoms with Gasteiger partial charge in [0.15, 0.2) is 6.10 Å². The van der Waals surface area contributed by atoms with Crippen molar-refractivity contribution in [3.8, 4) is 0 Å². The predicted octanol–water partition coefficient (Wildman–Crippen LogP) is 11.6. The number of carbonyl (C=O) groups excluding carboxylic acids is 2. The number of carbonyl (C=O) groups is 3. The van der Waals surface area contributed by atoms with Crippen molar-refractivity contribution in [2.24, 2.45) is 5.73 Å². The van der Waals surface area contributed by atoms with Gasteiger partial charge in [0.1, 0.15) is 12.6 Å². The minimum absolute atomic E-state index is 0.137. The Hall–Kier alpha value is -2.30. The molecule has 0 bridgehead atoms. The molecule has 0 aliphatic carbocycles. The molecule has 0 aromatic carbocycles. The normalized spacial score (nSPS) is 14.1. The molecule has 56 heavy (non-hydrogen) atoms. The van der Waals surface area contributed by atoms with Gasteiger partial charge >= 0.3 is 25.7 Å². The highest BCUT2D eigenvalue weighted by molar-refractivity contribution is 7.47. The molecule has 11 nitrogen and oxygen atoms in total. The van der Waals surface area contributed by atoms with Crippen molar-refractivity contribution in [3.63, 3.8) is 0 Å². The first-order chi connectivity index (χ1) is 27.1. The fraction of sp³-hybridized carbons (Fsp3) is 0.795. The molecule has 326 valence electrons. The number of aliphatic carboxylic acids is 1. The van der Waals surface area contributed by atoms with Crippen LogP contribution in [0, 0.1) is 0 Å². The molecule has 0 heterocycles. The number of nitrogens with two attached hydrogens (primary N) is 1. The van der Waals surface area contributed by atoms with E-state index in [0.29, 0.717) is 12.8 Å². The molecule has 0 spiro atoms. The summed E-state index contributed by atoms with van der Waals surface area (Å²) in [5.74, 6) is -2.40. The third-order valence-electron chi connectivity index (χ3n) is 9.39. The van der Waals surface area contributed by atoms with E-state index in [1.165, 1.54) is 89.9 Å². The molecular weight excluding hydrogens is 733 g/mol. The number of hydrogen-bond acceptors (Lipinski definition) is 9. The molecule has 0 rings (SSSR count). The molecule has 0 saturated carbocycles. The summed E-state index contributed by atoms with van der Waals surface area (Å²) in [5, 5.41) is 8.89. The Morgan fingerprint density at radius 1 is 0.554 bits per heavy atom. The van der Waals surface area contributed by atoms with Crippen molar-refractivity contribution in [2.75, 3.05) is 19.8 Å². The number of allylic oxidation sites excluding steroid dienone is 6. The minimum Gasteiger partial charge on any atom is -0.480 e. The quantitative estimate of drug-likeness (QED) is 0.0232. The lowest BCUT2D eigenvalue weighted by molar-refractivity contribution is -0.161. The fourth-order valence-corrected chi connectivity index (χ4v) is 6.67. The zero-order valence-electron chi connectivity index (χ0n) is 35.2. The van der Waals surface area contributed by atoms with Crippen LogP contribution in [0.3, 0.4) is 0 Å². The van der Waals surface area contributed by atoms with Crippen LogP contribution in [0.1, 0.15) is 194 Å². The topological polar surface area (TPSA) is 172 Å². The second-order valence-electron chi connectivity index (χ2n) is 14.8. The van der Waals surface area contributed by atoms with Gasteiger partial charge in [-0.05, 0) is 51.4 Å². The fourth-order valence-electron chi connectivity index (χ4n) is 5.90. The van der Waals surface area contributed by atoms with Crippen LogP contribution >= 0.6 is 7.82 Å². The zero-order valence-corrected chi connectivity index (χ0v) is 36.1. The third kappa shape index (κ3) is 38.6. The SMILES string of the molecule is CCCCC/C=C/C/C=C/C/C=C/CCCCCCC(=O)O[C@H](COC(=O)CCCCCCCCCCCCCCCCC)COP(=O)(O)OC[C@H](N)C(=O)O. The Morgan fingerprint density at radius 3 is 1.45 bits per heavy atom. The maximum Gasteiger partial charge on any atom is 0.472 e. The number of unbranched alkanes of at least 4 members (excludes halogenated alkanes) is 21. The van der Waals surface area contributed by atoms with Crippen molar-refractivity contribution >= 4 is 25.7 Å². The second-order valence-corrected chi connectivity index (χ2v) is 16.3. The summed E-state index contributed by atoms with van der Waals surface area (Å²) in [6, 6.07) is -1.52. The van der Waals surface area contributed by atoms with Crippen LogP contribution in [-0.2, 0) is 37.5 Å². The molecule has 3 atom stereocenters. The molecule has 0 aromatic rings. The van der Waals surface area contributed by atoms with Crippen LogP contribution in [-0.4, -0.2) is 59.9 Å². The lowest BCUT2D eigenvalue weighted by Gasteiger charge is -2.20. The Kier molecular flexibility index (Phi) is 37.9. The largest absolute Gasteiger partial charge is 0.480 e. The third-order valence-corrected chi connectivity index (χ3v) is 10.3. The van der Waals surface area contributed by atoms with Gasteiger partial charge in [0.25, 0.3) is 0 Å². The molecule has 0 radical (unpaired) electrons. The smallest absolute Gasteiger partial charge is 0.472 e. The Bertz CT molecular complexity index is 1100. The number of phosphoric acid groups is 1. The van der Waals surface area contributed by atoms with Gasteiger partial charge in [0, 0.05) is 12.8 Å². The van der Waals surface area contributed by atoms with E-state index in [1.54, 1.807) is 0 Å². The van der Waals surface area contributed by atoms with Gasteiger partial charge < -0.3 is 25.2 Å². The van der Waals surface area contributed by atoms with Gasteiger partial charge in [0.05, 0.1) is 13.2 Å². The second kappa shape index (κ2) is 39.5. The number of carboxylic acid groups (broad SMARTS) is 1. The predicted molar refractivity (Wildman–Crippen MR) is 226 cm³/mol. The van der Waals surface area contributed by atoms with Crippen molar-refractivity contribution in [3.05, 3.63) is 36.5 Å². The average molecular weight is 814 g/mol. The molecule has 0 aromatic heterocycles. The molecule has 4 N–H and O–H groups in total. The van der Waals surface area contributed by atoms with Gasteiger partial charge in [0.2, 0.25) is 0 Å². The van der Waals surface area contributed by atoms with Crippen molar-refractivity contribution in [2.45, 2.75) is 206 Å². The minimum atomic E-state index is -4.72.